The SMILES string of the molecule is Cc1c(Br)cccc1NCc1ccc(-c2ccccc2)s1. The van der Waals surface area contributed by atoms with E-state index < -0.39 is 0 Å². The summed E-state index contributed by atoms with van der Waals surface area (Å²) in [7, 11) is 0. The molecule has 0 aliphatic heterocycles. The van der Waals surface area contributed by atoms with E-state index >= 15 is 0 Å². The highest BCUT2D eigenvalue weighted by Crippen LogP contribution is 2.29. The highest BCUT2D eigenvalue weighted by molar-refractivity contribution is 9.10. The molecule has 0 saturated heterocycles. The summed E-state index contributed by atoms with van der Waals surface area (Å²) in [5.41, 5.74) is 3.71. The molecule has 3 heteroatoms. The predicted octanol–water partition coefficient (Wildman–Crippen LogP) is 6.10. The minimum absolute atomic E-state index is 0.856. The smallest absolute Gasteiger partial charge is 0.0494 e. The van der Waals surface area contributed by atoms with Crippen molar-refractivity contribution >= 4 is 33.0 Å². The molecule has 106 valence electrons. The number of hydrogen-bond donors (Lipinski definition) is 1. The molecule has 0 fully saturated rings. The third-order valence-corrected chi connectivity index (χ3v) is 5.43. The Kier molecular flexibility index (Phi) is 4.42. The summed E-state index contributed by atoms with van der Waals surface area (Å²) in [5.74, 6) is 0. The first-order valence-corrected chi connectivity index (χ1v) is 8.48. The van der Waals surface area contributed by atoms with Crippen molar-refractivity contribution in [2.24, 2.45) is 0 Å². The van der Waals surface area contributed by atoms with Crippen molar-refractivity contribution in [2.45, 2.75) is 13.5 Å². The van der Waals surface area contributed by atoms with E-state index in [9.17, 15) is 0 Å². The van der Waals surface area contributed by atoms with Gasteiger partial charge in [-0.15, -0.1) is 11.3 Å². The molecule has 0 aliphatic rings. The third-order valence-electron chi connectivity index (χ3n) is 3.44. The van der Waals surface area contributed by atoms with Crippen LogP contribution in [-0.2, 0) is 6.54 Å². The second kappa shape index (κ2) is 6.46. The number of thiophene rings is 1. The first kappa shape index (κ1) is 14.4. The van der Waals surface area contributed by atoms with Crippen LogP contribution in [0.4, 0.5) is 5.69 Å². The third kappa shape index (κ3) is 3.36. The standard InChI is InChI=1S/C18H16BrNS/c1-13-16(19)8-5-9-17(13)20-12-15-10-11-18(21-15)14-6-3-2-4-7-14/h2-11,20H,12H2,1H3. The van der Waals surface area contributed by atoms with Gasteiger partial charge in [-0.05, 0) is 42.3 Å². The van der Waals surface area contributed by atoms with Gasteiger partial charge in [-0.25, -0.2) is 0 Å². The molecule has 1 aromatic heterocycles. The van der Waals surface area contributed by atoms with Crippen LogP contribution in [0.2, 0.25) is 0 Å². The van der Waals surface area contributed by atoms with Crippen molar-refractivity contribution in [1.82, 2.24) is 0 Å². The van der Waals surface area contributed by atoms with Crippen LogP contribution in [0.5, 0.6) is 0 Å². The van der Waals surface area contributed by atoms with Crippen molar-refractivity contribution in [2.75, 3.05) is 5.32 Å². The lowest BCUT2D eigenvalue weighted by Crippen LogP contribution is -1.99. The summed E-state index contributed by atoms with van der Waals surface area (Å²) in [5, 5.41) is 3.52. The van der Waals surface area contributed by atoms with Crippen LogP contribution in [0.25, 0.3) is 10.4 Å². The average Bonchev–Trinajstić information content (AvgIpc) is 2.99. The summed E-state index contributed by atoms with van der Waals surface area (Å²) in [6.45, 7) is 2.98. The molecule has 0 saturated carbocycles. The van der Waals surface area contributed by atoms with Crippen molar-refractivity contribution < 1.29 is 0 Å². The number of benzene rings is 2. The van der Waals surface area contributed by atoms with Crippen LogP contribution in [0.1, 0.15) is 10.4 Å². The summed E-state index contributed by atoms with van der Waals surface area (Å²) < 4.78 is 1.14. The minimum atomic E-state index is 0.856. The Morgan fingerprint density at radius 1 is 0.952 bits per heavy atom. The zero-order valence-corrected chi connectivity index (χ0v) is 14.2. The van der Waals surface area contributed by atoms with E-state index in [0.717, 1.165) is 11.0 Å². The molecule has 0 atom stereocenters. The lowest BCUT2D eigenvalue weighted by Gasteiger charge is -2.09. The molecule has 1 N–H and O–H groups in total. The molecule has 21 heavy (non-hydrogen) atoms. The Morgan fingerprint density at radius 3 is 2.57 bits per heavy atom. The van der Waals surface area contributed by atoms with Gasteiger partial charge in [-0.2, -0.15) is 0 Å². The van der Waals surface area contributed by atoms with Crippen LogP contribution >= 0.6 is 27.3 Å². The Labute approximate surface area is 137 Å². The van der Waals surface area contributed by atoms with E-state index in [1.165, 1.54) is 26.6 Å². The van der Waals surface area contributed by atoms with Crippen LogP contribution in [-0.4, -0.2) is 0 Å². The van der Waals surface area contributed by atoms with Gasteiger partial charge in [0.15, 0.2) is 0 Å². The molecule has 3 aromatic rings. The lowest BCUT2D eigenvalue weighted by molar-refractivity contribution is 1.18. The second-order valence-electron chi connectivity index (χ2n) is 4.90. The Hall–Kier alpha value is -1.58. The van der Waals surface area contributed by atoms with E-state index in [1.54, 1.807) is 0 Å². The van der Waals surface area contributed by atoms with Gasteiger partial charge in [-0.3, -0.25) is 0 Å². The van der Waals surface area contributed by atoms with Crippen LogP contribution in [0.15, 0.2) is 65.1 Å². The van der Waals surface area contributed by atoms with Gasteiger partial charge in [-0.1, -0.05) is 52.3 Å². The van der Waals surface area contributed by atoms with E-state index in [0.29, 0.717) is 0 Å². The van der Waals surface area contributed by atoms with Gasteiger partial charge >= 0.3 is 0 Å². The van der Waals surface area contributed by atoms with Crippen molar-refractivity contribution in [3.63, 3.8) is 0 Å². The molecule has 0 amide bonds. The van der Waals surface area contributed by atoms with Crippen LogP contribution in [0.3, 0.4) is 0 Å². The first-order valence-electron chi connectivity index (χ1n) is 6.87. The number of hydrogen-bond acceptors (Lipinski definition) is 2. The molecule has 0 radical (unpaired) electrons. The summed E-state index contributed by atoms with van der Waals surface area (Å²) in [6.07, 6.45) is 0. The quantitative estimate of drug-likeness (QED) is 0.594. The second-order valence-corrected chi connectivity index (χ2v) is 6.92. The maximum absolute atomic E-state index is 3.57. The number of rotatable bonds is 4. The molecule has 1 nitrogen and oxygen atoms in total. The van der Waals surface area contributed by atoms with Gasteiger partial charge in [0.05, 0.1) is 0 Å². The Bertz CT molecular complexity index is 734. The fraction of sp³-hybridized carbons (Fsp3) is 0.111. The molecule has 0 bridgehead atoms. The fourth-order valence-corrected chi connectivity index (χ4v) is 3.53. The molecular formula is C18H16BrNS. The van der Waals surface area contributed by atoms with Crippen LogP contribution < -0.4 is 5.32 Å². The molecular weight excluding hydrogens is 342 g/mol. The van der Waals surface area contributed by atoms with Crippen molar-refractivity contribution in [1.29, 1.82) is 0 Å². The number of halogens is 1. The lowest BCUT2D eigenvalue weighted by atomic mass is 10.2. The van der Waals surface area contributed by atoms with E-state index in [1.807, 2.05) is 11.3 Å². The van der Waals surface area contributed by atoms with E-state index in [2.05, 4.69) is 88.8 Å². The molecule has 2 aromatic carbocycles. The zero-order valence-electron chi connectivity index (χ0n) is 11.8. The average molecular weight is 358 g/mol. The summed E-state index contributed by atoms with van der Waals surface area (Å²) in [6, 6.07) is 21.2. The molecule has 0 unspecified atom stereocenters. The summed E-state index contributed by atoms with van der Waals surface area (Å²) >= 11 is 5.41. The molecule has 3 rings (SSSR count). The van der Waals surface area contributed by atoms with Crippen LogP contribution in [0, 0.1) is 6.92 Å². The van der Waals surface area contributed by atoms with Gasteiger partial charge in [0.2, 0.25) is 0 Å². The van der Waals surface area contributed by atoms with Crippen molar-refractivity contribution in [3.8, 4) is 10.4 Å². The predicted molar refractivity (Wildman–Crippen MR) is 96.0 cm³/mol. The normalized spacial score (nSPS) is 10.6. The molecule has 0 aliphatic carbocycles. The van der Waals surface area contributed by atoms with E-state index in [-0.39, 0.29) is 0 Å². The van der Waals surface area contributed by atoms with Gasteiger partial charge < -0.3 is 5.32 Å². The topological polar surface area (TPSA) is 12.0 Å². The summed E-state index contributed by atoms with van der Waals surface area (Å²) in [4.78, 5) is 2.66. The largest absolute Gasteiger partial charge is 0.380 e. The Balaban J connectivity index is 1.72. The highest BCUT2D eigenvalue weighted by Gasteiger charge is 2.04. The fourth-order valence-electron chi connectivity index (χ4n) is 2.21. The number of anilines is 1. The zero-order chi connectivity index (χ0) is 14.7. The van der Waals surface area contributed by atoms with E-state index in [4.69, 9.17) is 0 Å². The van der Waals surface area contributed by atoms with Gasteiger partial charge in [0.25, 0.3) is 0 Å². The first-order chi connectivity index (χ1) is 10.2. The highest BCUT2D eigenvalue weighted by atomic mass is 79.9. The monoisotopic (exact) mass is 357 g/mol. The van der Waals surface area contributed by atoms with Crippen molar-refractivity contribution in [3.05, 3.63) is 75.6 Å². The maximum Gasteiger partial charge on any atom is 0.0494 e. The van der Waals surface area contributed by atoms with Gasteiger partial charge in [0.1, 0.15) is 0 Å². The molecule has 1 heterocycles. The Morgan fingerprint density at radius 2 is 1.76 bits per heavy atom. The molecule has 0 spiro atoms. The van der Waals surface area contributed by atoms with Gasteiger partial charge in [0, 0.05) is 26.5 Å². The maximum atomic E-state index is 3.57. The minimum Gasteiger partial charge on any atom is -0.380 e. The number of nitrogens with one attached hydrogen (secondary N) is 1.